The van der Waals surface area contributed by atoms with Crippen molar-refractivity contribution in [1.29, 1.82) is 0 Å². The van der Waals surface area contributed by atoms with Gasteiger partial charge in [0.1, 0.15) is 0 Å². The fraction of sp³-hybridized carbons (Fsp3) is 0. The van der Waals surface area contributed by atoms with Crippen LogP contribution in [0.4, 0.5) is 0 Å². The van der Waals surface area contributed by atoms with Gasteiger partial charge in [-0.15, -0.1) is 0 Å². The lowest BCUT2D eigenvalue weighted by Gasteiger charge is -2.01. The Hall–Kier alpha value is -1.82. The summed E-state index contributed by atoms with van der Waals surface area (Å²) >= 11 is 0. The maximum atomic E-state index is 3.24. The molecule has 63 valence electrons. The first-order valence-electron chi connectivity index (χ1n) is 4.55. The number of hydrogen-bond donors (Lipinski definition) is 0. The molecule has 0 spiro atoms. The molecule has 0 aliphatic heterocycles. The summed E-state index contributed by atoms with van der Waals surface area (Å²) in [7, 11) is 0. The van der Waals surface area contributed by atoms with E-state index in [0.29, 0.717) is 0 Å². The fourth-order valence-corrected chi connectivity index (χ4v) is 1.75. The van der Waals surface area contributed by atoms with Crippen molar-refractivity contribution in [3.8, 4) is 0 Å². The van der Waals surface area contributed by atoms with Crippen molar-refractivity contribution in [3.63, 3.8) is 0 Å². The largest absolute Gasteiger partial charge is 0.0537 e. The molecule has 0 aromatic heterocycles. The molecule has 3 rings (SSSR count). The molecule has 0 bridgehead atoms. The van der Waals surface area contributed by atoms with Crippen LogP contribution in [0.2, 0.25) is 0 Å². The van der Waals surface area contributed by atoms with Gasteiger partial charge in [0.2, 0.25) is 0 Å². The molecule has 0 N–H and O–H groups in total. The van der Waals surface area contributed by atoms with Crippen molar-refractivity contribution >= 4 is 21.5 Å². The lowest BCUT2D eigenvalue weighted by Crippen LogP contribution is -1.76. The van der Waals surface area contributed by atoms with Crippen molar-refractivity contribution in [1.82, 2.24) is 0 Å². The molecular weight excluding hydrogens is 168 g/mol. The zero-order valence-corrected chi connectivity index (χ0v) is 7.54. The Morgan fingerprint density at radius 1 is 0.786 bits per heavy atom. The Labute approximate surface area is 82.8 Å². The molecule has 3 radical (unpaired) electrons. The summed E-state index contributed by atoms with van der Waals surface area (Å²) in [6.07, 6.45) is 0. The molecular formula is C14H7. The molecule has 0 heterocycles. The molecule has 3 aromatic carbocycles. The van der Waals surface area contributed by atoms with Crippen LogP contribution in [0.25, 0.3) is 21.5 Å². The lowest BCUT2D eigenvalue weighted by atomic mass is 10.0. The lowest BCUT2D eigenvalue weighted by molar-refractivity contribution is 1.74. The fourth-order valence-electron chi connectivity index (χ4n) is 1.75. The van der Waals surface area contributed by atoms with E-state index >= 15 is 0 Å². The third kappa shape index (κ3) is 1.01. The molecule has 0 fully saturated rings. The summed E-state index contributed by atoms with van der Waals surface area (Å²) < 4.78 is 0. The van der Waals surface area contributed by atoms with Gasteiger partial charge < -0.3 is 0 Å². The van der Waals surface area contributed by atoms with Crippen LogP contribution in [-0.2, 0) is 0 Å². The number of fused-ring (bicyclic) bond motifs is 3. The molecule has 0 aliphatic carbocycles. The van der Waals surface area contributed by atoms with E-state index in [-0.39, 0.29) is 0 Å². The summed E-state index contributed by atoms with van der Waals surface area (Å²) in [5.41, 5.74) is 0. The predicted octanol–water partition coefficient (Wildman–Crippen LogP) is 3.39. The van der Waals surface area contributed by atoms with E-state index in [1.165, 1.54) is 16.2 Å². The van der Waals surface area contributed by atoms with Crippen LogP contribution in [0.3, 0.4) is 0 Å². The minimum Gasteiger partial charge on any atom is -0.0537 e. The Balaban J connectivity index is 2.61. The molecule has 0 amide bonds. The molecule has 0 aliphatic rings. The van der Waals surface area contributed by atoms with Gasteiger partial charge in [-0.3, -0.25) is 0 Å². The molecule has 0 unspecified atom stereocenters. The van der Waals surface area contributed by atoms with E-state index in [1.54, 1.807) is 0 Å². The van der Waals surface area contributed by atoms with Crippen molar-refractivity contribution in [3.05, 3.63) is 60.7 Å². The van der Waals surface area contributed by atoms with Gasteiger partial charge in [-0.25, -0.2) is 0 Å². The van der Waals surface area contributed by atoms with E-state index in [9.17, 15) is 0 Å². The normalized spacial score (nSPS) is 10.9. The second-order valence-electron chi connectivity index (χ2n) is 3.27. The van der Waals surface area contributed by atoms with E-state index in [2.05, 4.69) is 30.3 Å². The van der Waals surface area contributed by atoms with Crippen LogP contribution < -0.4 is 0 Å². The summed E-state index contributed by atoms with van der Waals surface area (Å²) in [5, 5.41) is 4.79. The van der Waals surface area contributed by atoms with Gasteiger partial charge in [0.25, 0.3) is 0 Å². The number of hydrogen-bond acceptors (Lipinski definition) is 0. The number of rotatable bonds is 0. The van der Waals surface area contributed by atoms with Crippen LogP contribution in [-0.4, -0.2) is 0 Å². The Morgan fingerprint density at radius 3 is 2.50 bits per heavy atom. The maximum absolute atomic E-state index is 3.24. The molecule has 0 saturated carbocycles. The van der Waals surface area contributed by atoms with Crippen molar-refractivity contribution in [2.45, 2.75) is 0 Å². The molecule has 0 atom stereocenters. The average molecular weight is 175 g/mol. The highest BCUT2D eigenvalue weighted by Gasteiger charge is 1.97. The Morgan fingerprint density at radius 2 is 1.57 bits per heavy atom. The summed E-state index contributed by atoms with van der Waals surface area (Å²) in [5.74, 6) is 0. The SMILES string of the molecule is [c]1ccc2c([c]cc3c[c]ccc32)c1. The monoisotopic (exact) mass is 175 g/mol. The van der Waals surface area contributed by atoms with Crippen LogP contribution in [0.1, 0.15) is 0 Å². The topological polar surface area (TPSA) is 0 Å². The highest BCUT2D eigenvalue weighted by molar-refractivity contribution is 6.06. The van der Waals surface area contributed by atoms with E-state index < -0.39 is 0 Å². The summed E-state index contributed by atoms with van der Waals surface area (Å²) in [4.78, 5) is 0. The minimum atomic E-state index is 1.12. The zero-order valence-electron chi connectivity index (χ0n) is 7.54. The van der Waals surface area contributed by atoms with Crippen molar-refractivity contribution < 1.29 is 0 Å². The molecule has 0 saturated heterocycles. The van der Waals surface area contributed by atoms with Gasteiger partial charge in [-0.2, -0.15) is 0 Å². The third-order valence-corrected chi connectivity index (χ3v) is 2.43. The zero-order chi connectivity index (χ0) is 9.38. The smallest absolute Gasteiger partial charge is 0.00923 e. The number of benzene rings is 3. The molecule has 0 nitrogen and oxygen atoms in total. The van der Waals surface area contributed by atoms with Gasteiger partial charge in [0, 0.05) is 0 Å². The standard InChI is InChI=1S/C14H7/c1-3-7-13-11(5-1)9-10-12-6-2-4-8-14(12)13/h3-9H. The summed E-state index contributed by atoms with van der Waals surface area (Å²) in [6, 6.07) is 23.4. The van der Waals surface area contributed by atoms with E-state index in [4.69, 9.17) is 0 Å². The van der Waals surface area contributed by atoms with E-state index in [1.807, 2.05) is 30.3 Å². The first-order chi connectivity index (χ1) is 6.95. The van der Waals surface area contributed by atoms with Crippen LogP contribution >= 0.6 is 0 Å². The first-order valence-corrected chi connectivity index (χ1v) is 4.55. The van der Waals surface area contributed by atoms with Gasteiger partial charge in [-0.1, -0.05) is 24.3 Å². The Kier molecular flexibility index (Phi) is 1.54. The highest BCUT2D eigenvalue weighted by Crippen LogP contribution is 2.23. The van der Waals surface area contributed by atoms with Gasteiger partial charge in [0.15, 0.2) is 0 Å². The third-order valence-electron chi connectivity index (χ3n) is 2.43. The molecule has 14 heavy (non-hydrogen) atoms. The quantitative estimate of drug-likeness (QED) is 0.459. The van der Waals surface area contributed by atoms with Crippen LogP contribution in [0.5, 0.6) is 0 Å². The van der Waals surface area contributed by atoms with Gasteiger partial charge in [0.05, 0.1) is 0 Å². The van der Waals surface area contributed by atoms with Crippen molar-refractivity contribution in [2.75, 3.05) is 0 Å². The maximum Gasteiger partial charge on any atom is -0.00923 e. The highest BCUT2D eigenvalue weighted by atomic mass is 14.0. The van der Waals surface area contributed by atoms with Crippen molar-refractivity contribution in [2.24, 2.45) is 0 Å². The average Bonchev–Trinajstić information content (AvgIpc) is 2.29. The minimum absolute atomic E-state index is 1.12. The second-order valence-corrected chi connectivity index (χ2v) is 3.27. The van der Waals surface area contributed by atoms with Gasteiger partial charge >= 0.3 is 0 Å². The van der Waals surface area contributed by atoms with Crippen LogP contribution in [0, 0.1) is 18.2 Å². The first kappa shape index (κ1) is 7.57. The molecule has 0 heteroatoms. The second kappa shape index (κ2) is 2.85. The molecule has 3 aromatic rings. The Bertz CT molecular complexity index is 539. The van der Waals surface area contributed by atoms with Gasteiger partial charge in [-0.05, 0) is 57.9 Å². The van der Waals surface area contributed by atoms with Crippen LogP contribution in [0.15, 0.2) is 42.5 Å². The van der Waals surface area contributed by atoms with E-state index in [0.717, 1.165) is 5.39 Å². The summed E-state index contributed by atoms with van der Waals surface area (Å²) in [6.45, 7) is 0. The predicted molar refractivity (Wildman–Crippen MR) is 58.0 cm³/mol.